The molecule has 0 spiro atoms. The number of unbranched alkanes of at least 4 members (excludes halogenated alkanes) is 20. The van der Waals surface area contributed by atoms with Crippen LogP contribution in [0.25, 0.3) is 44.3 Å². The van der Waals surface area contributed by atoms with Crippen LogP contribution in [-0.2, 0) is 35.9 Å². The Kier molecular flexibility index (Phi) is 43.6. The van der Waals surface area contributed by atoms with E-state index >= 15 is 0 Å². The molecule has 0 fully saturated rings. The van der Waals surface area contributed by atoms with Gasteiger partial charge >= 0.3 is 103 Å². The van der Waals surface area contributed by atoms with Crippen LogP contribution < -0.4 is 142 Å². The number of nitrogens with zero attached hydrogens (tertiary/aromatic N) is 4. The molecule has 3 aromatic carbocycles. The van der Waals surface area contributed by atoms with Crippen LogP contribution in [0, 0.1) is 0 Å². The Hall–Kier alpha value is -2.12. The fraction of sp³-hybridized carbons (Fsp3) is 0.478. The van der Waals surface area contributed by atoms with Crippen molar-refractivity contribution in [3.8, 4) is 22.3 Å². The van der Waals surface area contributed by atoms with Crippen molar-refractivity contribution in [1.82, 2.24) is 18.3 Å². The summed E-state index contributed by atoms with van der Waals surface area (Å²) in [5.74, 6) is 5.13. The maximum Gasteiger partial charge on any atom is 1.00 e. The molecule has 7 aromatic rings. The molecule has 0 radical (unpaired) electrons. The minimum atomic E-state index is -0.181. The summed E-state index contributed by atoms with van der Waals surface area (Å²) in [6, 6.07) is 34.3. The predicted octanol–water partition coefficient (Wildman–Crippen LogP) is 10.9. The Bertz CT molecular complexity index is 3040. The van der Waals surface area contributed by atoms with Crippen LogP contribution in [0.1, 0.15) is 183 Å². The van der Waals surface area contributed by atoms with Crippen molar-refractivity contribution in [1.29, 1.82) is 0 Å². The van der Waals surface area contributed by atoms with Crippen molar-refractivity contribution in [2.45, 2.75) is 208 Å². The summed E-state index contributed by atoms with van der Waals surface area (Å²) in [6.07, 6.45) is 28.3. The number of nitrogen functional groups attached to an aromatic ring is 1. The van der Waals surface area contributed by atoms with Gasteiger partial charge in [-0.2, -0.15) is 0 Å². The van der Waals surface area contributed by atoms with Gasteiger partial charge in [0.05, 0.1) is 22.1 Å². The van der Waals surface area contributed by atoms with Crippen LogP contribution in [0.5, 0.6) is 0 Å². The van der Waals surface area contributed by atoms with E-state index in [4.69, 9.17) is 15.9 Å². The molecule has 85 heavy (non-hydrogen) atoms. The van der Waals surface area contributed by atoms with Gasteiger partial charge in [-0.15, -0.1) is 0 Å². The van der Waals surface area contributed by atoms with Crippen LogP contribution >= 0.6 is 47.8 Å². The first-order valence-electron chi connectivity index (χ1n) is 30.4. The first kappa shape index (κ1) is 79.0. The molecule has 4 heterocycles. The molecule has 0 bridgehead atoms. The number of pyridine rings is 4. The first-order chi connectivity index (χ1) is 40.4. The molecule has 0 aliphatic heterocycles. The van der Waals surface area contributed by atoms with Crippen molar-refractivity contribution in [3.63, 3.8) is 0 Å². The zero-order valence-corrected chi connectivity index (χ0v) is 62.6. The van der Waals surface area contributed by atoms with Gasteiger partial charge in [0.1, 0.15) is 0 Å². The third-order valence-corrected chi connectivity index (χ3v) is 16.4. The van der Waals surface area contributed by atoms with Crippen molar-refractivity contribution in [3.05, 3.63) is 164 Å². The molecule has 0 aliphatic carbocycles. The third kappa shape index (κ3) is 27.9. The molecular formula is C67H91Br3K2N6O7. The molecule has 3 N–H and O–H groups in total. The summed E-state index contributed by atoms with van der Waals surface area (Å²) in [7, 11) is 0. The number of rotatable bonds is 32. The number of aromatic nitrogens is 4. The van der Waals surface area contributed by atoms with E-state index in [0.717, 1.165) is 117 Å². The number of hydrazine groups is 1. The molecule has 13 nitrogen and oxygen atoms in total. The number of carbonyl (C=O) groups excluding carboxylic acids is 1. The van der Waals surface area contributed by atoms with Gasteiger partial charge in [-0.3, -0.25) is 29.8 Å². The second kappa shape index (κ2) is 46.9. The quantitative estimate of drug-likeness (QED) is 0.0104. The number of hydrogen-bond acceptors (Lipinski definition) is 9. The van der Waals surface area contributed by atoms with Gasteiger partial charge in [0.2, 0.25) is 0 Å². The summed E-state index contributed by atoms with van der Waals surface area (Å²) in [5.41, 5.74) is 10.0. The van der Waals surface area contributed by atoms with Gasteiger partial charge in [-0.25, -0.2) is 0 Å². The molecule has 0 amide bonds. The third-order valence-electron chi connectivity index (χ3n) is 14.8. The van der Waals surface area contributed by atoms with Crippen molar-refractivity contribution < 1.29 is 119 Å². The number of fused-ring (bicyclic) bond motifs is 2. The van der Waals surface area contributed by atoms with Crippen molar-refractivity contribution in [2.24, 2.45) is 5.84 Å². The SMILES string of the molecule is CCCCCCCCn1c(=O)c(-c2ccc(Br)cc2)cc2c1cc(-c1ccc(Br)cc1)c(=O)n2CCCCCCCC.CCCCCCCCn1c(=O)ccc2c1ccc(=O)n2CCCCCCCC.NNc1ccc(Br)cc1.O=CO[O-].[H-].[K+].[K+]. The van der Waals surface area contributed by atoms with E-state index < -0.39 is 0 Å². The second-order valence-corrected chi connectivity index (χ2v) is 23.9. The summed E-state index contributed by atoms with van der Waals surface area (Å²) in [5, 5.41) is 8.43. The van der Waals surface area contributed by atoms with E-state index in [-0.39, 0.29) is 133 Å². The summed E-state index contributed by atoms with van der Waals surface area (Å²) >= 11 is 10.4. The van der Waals surface area contributed by atoms with E-state index in [1.165, 1.54) is 103 Å². The average Bonchev–Trinajstić information content (AvgIpc) is 1.33. The van der Waals surface area contributed by atoms with Gasteiger partial charge in [0, 0.05) is 68.5 Å². The number of nitrogens with two attached hydrogens (primary N) is 1. The molecule has 0 saturated heterocycles. The monoisotopic (exact) mass is 1410 g/mol. The zero-order chi connectivity index (χ0) is 60.2. The maximum atomic E-state index is 14.1. The predicted molar refractivity (Wildman–Crippen MR) is 355 cm³/mol. The number of halogens is 3. The van der Waals surface area contributed by atoms with Gasteiger partial charge in [0.25, 0.3) is 28.7 Å². The summed E-state index contributed by atoms with van der Waals surface area (Å²) < 4.78 is 10.6. The first-order valence-corrected chi connectivity index (χ1v) is 32.8. The molecular weight excluding hydrogens is 1320 g/mol. The Morgan fingerprint density at radius 2 is 0.694 bits per heavy atom. The van der Waals surface area contributed by atoms with Gasteiger partial charge in [0.15, 0.2) is 0 Å². The van der Waals surface area contributed by atoms with Crippen molar-refractivity contribution >= 4 is 82.0 Å². The Morgan fingerprint density at radius 1 is 0.424 bits per heavy atom. The maximum absolute atomic E-state index is 14.1. The number of carbonyl (C=O) groups is 1. The molecule has 4 aromatic heterocycles. The van der Waals surface area contributed by atoms with Crippen LogP contribution in [-0.4, -0.2) is 24.7 Å². The largest absolute Gasteiger partial charge is 1.00 e. The molecule has 0 saturated carbocycles. The van der Waals surface area contributed by atoms with E-state index in [9.17, 15) is 19.2 Å². The van der Waals surface area contributed by atoms with Crippen LogP contribution in [0.4, 0.5) is 5.69 Å². The van der Waals surface area contributed by atoms with Gasteiger partial charge in [-0.05, 0) is 110 Å². The van der Waals surface area contributed by atoms with Crippen LogP contribution in [0.3, 0.4) is 0 Å². The minimum absolute atomic E-state index is 0. The number of hydrogen-bond donors (Lipinski definition) is 2. The molecule has 454 valence electrons. The summed E-state index contributed by atoms with van der Waals surface area (Å²) in [4.78, 5) is 64.4. The van der Waals surface area contributed by atoms with Crippen LogP contribution in [0.15, 0.2) is 142 Å². The Morgan fingerprint density at radius 3 is 0.976 bits per heavy atom. The normalized spacial score (nSPS) is 10.6. The number of aryl methyl sites for hydroxylation is 4. The van der Waals surface area contributed by atoms with Gasteiger partial charge < -0.3 is 35.3 Å². The minimum Gasteiger partial charge on any atom is -1.00 e. The summed E-state index contributed by atoms with van der Waals surface area (Å²) in [6.45, 7) is 11.5. The van der Waals surface area contributed by atoms with Crippen molar-refractivity contribution in [2.75, 3.05) is 5.43 Å². The van der Waals surface area contributed by atoms with E-state index in [0.29, 0.717) is 24.2 Å². The Balaban J connectivity index is 0.000000721. The second-order valence-electron chi connectivity index (χ2n) is 21.1. The fourth-order valence-electron chi connectivity index (χ4n) is 10.2. The average molecular weight is 1410 g/mol. The molecule has 0 aliphatic rings. The topological polar surface area (TPSA) is 175 Å². The van der Waals surface area contributed by atoms with E-state index in [1.807, 2.05) is 115 Å². The molecule has 7 rings (SSSR count). The fourth-order valence-corrected chi connectivity index (χ4v) is 10.9. The zero-order valence-electron chi connectivity index (χ0n) is 52.6. The number of anilines is 1. The van der Waals surface area contributed by atoms with Gasteiger partial charge in [-0.1, -0.05) is 228 Å². The smallest absolute Gasteiger partial charge is 1.00 e. The molecule has 18 heteroatoms. The van der Waals surface area contributed by atoms with E-state index in [2.05, 4.69) is 85.8 Å². The van der Waals surface area contributed by atoms with E-state index in [1.54, 1.807) is 12.1 Å². The Labute approximate surface area is 616 Å². The number of benzene rings is 3. The van der Waals surface area contributed by atoms with Crippen LogP contribution in [0.2, 0.25) is 0 Å². The molecule has 0 atom stereocenters. The molecule has 0 unspecified atom stereocenters. The standard InChI is InChI=1S/C36H44Br2N2O2.C24H38N2O2.C6H7BrN2.CH2O3.2K.H/c1-3-5-7-9-11-13-23-39-33-25-32(28-17-21-30(38)22-18-28)36(42)40(24-14-12-10-8-6-4-2)34(33)26-31(35(39)41)27-15-19-29(37)20-16-27;1-3-5-7-9-11-13-19-25-21-15-18-24(28)26(22(21)16-17-23(25)27)20-14-12-10-8-6-4-2;7-5-1-3-6(9-8)4-2-5;2-1-4-3;;;/h15-22,25-26H,3-14,23-24H2,1-2H3;15-18H,3-14,19-20H2,1-2H3;1-4,9H,8H2;1,3H;;;/q;;;;2*+1;-1/p-1. The number of nitrogens with one attached hydrogen (secondary N) is 1.